The van der Waals surface area contributed by atoms with Gasteiger partial charge in [-0.15, -0.1) is 0 Å². The van der Waals surface area contributed by atoms with Crippen LogP contribution in [-0.4, -0.2) is 49.3 Å². The van der Waals surface area contributed by atoms with Crippen LogP contribution >= 0.6 is 7.82 Å². The van der Waals surface area contributed by atoms with Crippen molar-refractivity contribution in [1.82, 2.24) is 0 Å². The lowest BCUT2D eigenvalue weighted by atomic mass is 10.1. The van der Waals surface area contributed by atoms with E-state index < -0.39 is 32.5 Å². The maximum atomic E-state index is 12.7. The van der Waals surface area contributed by atoms with Gasteiger partial charge in [-0.3, -0.25) is 18.6 Å². The lowest BCUT2D eigenvalue weighted by Gasteiger charge is -2.19. The second kappa shape index (κ2) is 55.0. The van der Waals surface area contributed by atoms with Crippen molar-refractivity contribution >= 4 is 19.8 Å². The number of phosphoric acid groups is 1. The molecule has 0 amide bonds. The number of carbonyl (C=O) groups is 2. The van der Waals surface area contributed by atoms with Crippen molar-refractivity contribution in [2.45, 2.75) is 187 Å². The van der Waals surface area contributed by atoms with Crippen molar-refractivity contribution in [3.05, 3.63) is 158 Å². The first kappa shape index (κ1) is 66.6. The summed E-state index contributed by atoms with van der Waals surface area (Å²) in [5.74, 6) is -0.905. The largest absolute Gasteiger partial charge is 0.472 e. The first-order valence-electron chi connectivity index (χ1n) is 27.0. The number of nitrogens with two attached hydrogens (primary N) is 1. The summed E-state index contributed by atoms with van der Waals surface area (Å²) in [5.41, 5.74) is 5.36. The molecule has 9 nitrogen and oxygen atoms in total. The highest BCUT2D eigenvalue weighted by Crippen LogP contribution is 2.43. The van der Waals surface area contributed by atoms with Crippen LogP contribution in [0, 0.1) is 0 Å². The topological polar surface area (TPSA) is 134 Å². The Labute approximate surface area is 432 Å². The zero-order chi connectivity index (χ0) is 51.7. The molecule has 0 saturated carbocycles. The van der Waals surface area contributed by atoms with Gasteiger partial charge in [-0.05, 0) is 122 Å². The highest BCUT2D eigenvalue weighted by molar-refractivity contribution is 7.47. The zero-order valence-electron chi connectivity index (χ0n) is 44.1. The molecule has 0 aliphatic rings. The molecule has 10 heteroatoms. The monoisotopic (exact) mass is 1000 g/mol. The third kappa shape index (κ3) is 54.8. The standard InChI is InChI=1S/C61H96NO8P/c1-3-5-7-9-11-13-15-17-19-20-21-22-23-24-25-26-27-28-29-30-31-32-33-34-35-36-37-38-40-42-44-46-48-50-52-54-61(64)70-59(58-69-71(65,66)68-56-55-62)57-67-60(63)53-51-49-47-45-43-41-39-18-16-14-12-10-8-6-4-2/h5-8,11-14,17-19,21-22,24-25,27-28,30-31,33-34,36-37,39,43,45,59H,3-4,9-10,15-16,20,23,26,29,32,35,38,40-42,44,46-58,62H2,1-2H3,(H,65,66)/b7-5-,8-6-,13-11-,14-12-,19-17-,22-21-,25-24-,28-27-,31-30-,34-33-,37-36-,39-18-,45-43-. The fourth-order valence-electron chi connectivity index (χ4n) is 6.50. The molecule has 0 spiro atoms. The molecule has 398 valence electrons. The summed E-state index contributed by atoms with van der Waals surface area (Å²) in [5, 5.41) is 0. The van der Waals surface area contributed by atoms with Crippen LogP contribution in [0.1, 0.15) is 181 Å². The van der Waals surface area contributed by atoms with Crippen molar-refractivity contribution in [1.29, 1.82) is 0 Å². The highest BCUT2D eigenvalue weighted by atomic mass is 31.2. The maximum absolute atomic E-state index is 12.7. The van der Waals surface area contributed by atoms with Gasteiger partial charge in [-0.2, -0.15) is 0 Å². The minimum Gasteiger partial charge on any atom is -0.462 e. The van der Waals surface area contributed by atoms with Crippen molar-refractivity contribution in [3.63, 3.8) is 0 Å². The highest BCUT2D eigenvalue weighted by Gasteiger charge is 2.26. The van der Waals surface area contributed by atoms with Gasteiger partial charge < -0.3 is 20.1 Å². The molecule has 0 aliphatic heterocycles. The van der Waals surface area contributed by atoms with Crippen LogP contribution in [0.3, 0.4) is 0 Å². The Kier molecular flexibility index (Phi) is 51.6. The van der Waals surface area contributed by atoms with Crippen LogP contribution in [0.2, 0.25) is 0 Å². The van der Waals surface area contributed by atoms with E-state index in [9.17, 15) is 19.0 Å². The average molecular weight is 1000 g/mol. The predicted molar refractivity (Wildman–Crippen MR) is 302 cm³/mol. The van der Waals surface area contributed by atoms with E-state index in [1.165, 1.54) is 12.8 Å². The van der Waals surface area contributed by atoms with E-state index in [-0.39, 0.29) is 32.6 Å². The summed E-state index contributed by atoms with van der Waals surface area (Å²) in [4.78, 5) is 35.0. The average Bonchev–Trinajstić information content (AvgIpc) is 3.36. The lowest BCUT2D eigenvalue weighted by molar-refractivity contribution is -0.161. The Morgan fingerprint density at radius 3 is 1.11 bits per heavy atom. The van der Waals surface area contributed by atoms with Crippen molar-refractivity contribution in [2.75, 3.05) is 26.4 Å². The minimum atomic E-state index is -4.41. The summed E-state index contributed by atoms with van der Waals surface area (Å²) in [6.07, 6.45) is 80.1. The molecule has 0 aromatic heterocycles. The lowest BCUT2D eigenvalue weighted by Crippen LogP contribution is -2.29. The Bertz CT molecular complexity index is 1710. The summed E-state index contributed by atoms with van der Waals surface area (Å²) >= 11 is 0. The number of unbranched alkanes of at least 4 members (excludes halogenated alkanes) is 9. The third-order valence-electron chi connectivity index (χ3n) is 10.4. The smallest absolute Gasteiger partial charge is 0.462 e. The molecule has 3 N–H and O–H groups in total. The van der Waals surface area contributed by atoms with Gasteiger partial charge in [0.2, 0.25) is 0 Å². The molecule has 0 aliphatic carbocycles. The number of hydrogen-bond acceptors (Lipinski definition) is 8. The molecule has 0 radical (unpaired) electrons. The predicted octanol–water partition coefficient (Wildman–Crippen LogP) is 16.9. The van der Waals surface area contributed by atoms with Crippen LogP contribution in [0.5, 0.6) is 0 Å². The van der Waals surface area contributed by atoms with Gasteiger partial charge in [-0.1, -0.05) is 204 Å². The van der Waals surface area contributed by atoms with E-state index in [4.69, 9.17) is 24.3 Å². The molecule has 71 heavy (non-hydrogen) atoms. The van der Waals surface area contributed by atoms with Crippen LogP contribution in [0.15, 0.2) is 158 Å². The molecular weight excluding hydrogens is 906 g/mol. The van der Waals surface area contributed by atoms with Gasteiger partial charge in [0.15, 0.2) is 6.10 Å². The summed E-state index contributed by atoms with van der Waals surface area (Å²) < 4.78 is 32.9. The van der Waals surface area contributed by atoms with E-state index in [1.54, 1.807) is 0 Å². The first-order valence-corrected chi connectivity index (χ1v) is 28.5. The number of allylic oxidation sites excluding steroid dienone is 26. The maximum Gasteiger partial charge on any atom is 0.472 e. The van der Waals surface area contributed by atoms with Crippen LogP contribution in [0.25, 0.3) is 0 Å². The fourth-order valence-corrected chi connectivity index (χ4v) is 7.26. The molecule has 0 saturated heterocycles. The van der Waals surface area contributed by atoms with Crippen molar-refractivity contribution < 1.29 is 37.6 Å². The Morgan fingerprint density at radius 1 is 0.423 bits per heavy atom. The van der Waals surface area contributed by atoms with Gasteiger partial charge in [0.1, 0.15) is 6.61 Å². The quantitative estimate of drug-likeness (QED) is 0.0264. The molecule has 0 heterocycles. The first-order chi connectivity index (χ1) is 34.8. The second-order valence-electron chi connectivity index (χ2n) is 17.0. The molecule has 0 fully saturated rings. The molecule has 2 atom stereocenters. The number of carbonyl (C=O) groups excluding carboxylic acids is 2. The molecule has 0 bridgehead atoms. The van der Waals surface area contributed by atoms with Gasteiger partial charge >= 0.3 is 19.8 Å². The molecule has 0 aromatic carbocycles. The van der Waals surface area contributed by atoms with Crippen molar-refractivity contribution in [3.8, 4) is 0 Å². The molecule has 0 aromatic rings. The number of ether oxygens (including phenoxy) is 2. The second-order valence-corrected chi connectivity index (χ2v) is 18.4. The van der Waals surface area contributed by atoms with E-state index >= 15 is 0 Å². The SMILES string of the molecule is CC/C=C\C/C=C\C/C=C\C/C=C\C/C=C\C/C=C\C/C=C\C/C=C\C/C=C\CCCCCCCCCC(=O)OC(COC(=O)CCCC/C=C\C/C=C\C/C=C\C/C=C\CC)COP(=O)(O)OCCN. The molecule has 2 unspecified atom stereocenters. The van der Waals surface area contributed by atoms with E-state index in [1.807, 2.05) is 0 Å². The van der Waals surface area contributed by atoms with Crippen LogP contribution < -0.4 is 5.73 Å². The Hall–Kier alpha value is -4.37. The third-order valence-corrected chi connectivity index (χ3v) is 11.4. The Morgan fingerprint density at radius 2 is 0.732 bits per heavy atom. The molecule has 0 rings (SSSR count). The number of esters is 2. The van der Waals surface area contributed by atoms with Crippen LogP contribution in [0.4, 0.5) is 0 Å². The van der Waals surface area contributed by atoms with Gasteiger partial charge in [0, 0.05) is 19.4 Å². The summed E-state index contributed by atoms with van der Waals surface area (Å²) in [6.45, 7) is 3.41. The van der Waals surface area contributed by atoms with E-state index in [0.29, 0.717) is 12.8 Å². The van der Waals surface area contributed by atoms with Gasteiger partial charge in [0.25, 0.3) is 0 Å². The number of hydrogen-bond donors (Lipinski definition) is 2. The zero-order valence-corrected chi connectivity index (χ0v) is 45.0. The molecular formula is C61H96NO8P. The fraction of sp³-hybridized carbons (Fsp3) is 0.541. The minimum absolute atomic E-state index is 0.0365. The summed E-state index contributed by atoms with van der Waals surface area (Å²) in [6, 6.07) is 0. The normalized spacial score (nSPS) is 14.4. The number of rotatable bonds is 48. The van der Waals surface area contributed by atoms with Crippen molar-refractivity contribution in [2.24, 2.45) is 5.73 Å². The summed E-state index contributed by atoms with van der Waals surface area (Å²) in [7, 11) is -4.41. The van der Waals surface area contributed by atoms with Crippen LogP contribution in [-0.2, 0) is 32.7 Å². The Balaban J connectivity index is 4.10. The van der Waals surface area contributed by atoms with Gasteiger partial charge in [-0.25, -0.2) is 4.57 Å². The number of phosphoric ester groups is 1. The van der Waals surface area contributed by atoms with E-state index in [2.05, 4.69) is 172 Å². The van der Waals surface area contributed by atoms with E-state index in [0.717, 1.165) is 128 Å². The van der Waals surface area contributed by atoms with Gasteiger partial charge in [0.05, 0.1) is 13.2 Å².